The molecule has 156 valence electrons. The van der Waals surface area contributed by atoms with Crippen molar-refractivity contribution < 1.29 is 14.1 Å². The Hall–Kier alpha value is -2.96. The first-order chi connectivity index (χ1) is 14.4. The lowest BCUT2D eigenvalue weighted by molar-refractivity contribution is -0.138. The van der Waals surface area contributed by atoms with E-state index < -0.39 is 5.97 Å². The lowest BCUT2D eigenvalue weighted by Gasteiger charge is -2.17. The first-order valence-corrected chi connectivity index (χ1v) is 10.4. The van der Waals surface area contributed by atoms with Gasteiger partial charge in [-0.25, -0.2) is 4.79 Å². The number of benzene rings is 3. The first kappa shape index (κ1) is 21.7. The lowest BCUT2D eigenvalue weighted by Crippen LogP contribution is -2.11. The van der Waals surface area contributed by atoms with E-state index in [-0.39, 0.29) is 6.61 Å². The predicted molar refractivity (Wildman–Crippen MR) is 125 cm³/mol. The van der Waals surface area contributed by atoms with E-state index in [4.69, 9.17) is 9.29 Å². The highest BCUT2D eigenvalue weighted by atomic mass is 32.2. The second-order valence-corrected chi connectivity index (χ2v) is 8.01. The maximum atomic E-state index is 10.5. The number of rotatable bonds is 9. The third kappa shape index (κ3) is 5.78. The number of aryl methyl sites for hydroxylation is 1. The average molecular weight is 423 g/mol. The molecule has 5 nitrogen and oxygen atoms in total. The van der Waals surface area contributed by atoms with E-state index in [0.717, 1.165) is 30.1 Å². The van der Waals surface area contributed by atoms with Crippen molar-refractivity contribution in [2.75, 3.05) is 23.3 Å². The Kier molecular flexibility index (Phi) is 7.38. The number of anilines is 2. The minimum atomic E-state index is -0.989. The van der Waals surface area contributed by atoms with Gasteiger partial charge in [0.2, 0.25) is 0 Å². The van der Waals surface area contributed by atoms with Crippen LogP contribution in [0.1, 0.15) is 16.7 Å². The van der Waals surface area contributed by atoms with Crippen molar-refractivity contribution in [3.8, 4) is 11.1 Å². The van der Waals surface area contributed by atoms with Crippen molar-refractivity contribution >= 4 is 29.6 Å². The highest BCUT2D eigenvalue weighted by molar-refractivity contribution is 7.96. The summed E-state index contributed by atoms with van der Waals surface area (Å²) in [7, 11) is 1.83. The third-order valence-corrected chi connectivity index (χ3v) is 5.57. The number of aliphatic carboxylic acids is 1. The Labute approximate surface area is 182 Å². The van der Waals surface area contributed by atoms with Crippen molar-refractivity contribution in [3.05, 3.63) is 83.4 Å². The van der Waals surface area contributed by atoms with Gasteiger partial charge in [-0.3, -0.25) is 8.49 Å². The molecule has 0 amide bonds. The molecule has 0 fully saturated rings. The molecule has 0 atom stereocenters. The number of hydrogen-bond donors (Lipinski definition) is 2. The van der Waals surface area contributed by atoms with Crippen LogP contribution in [-0.4, -0.2) is 24.7 Å². The van der Waals surface area contributed by atoms with Crippen LogP contribution in [0.15, 0.2) is 66.7 Å². The maximum absolute atomic E-state index is 10.5. The molecule has 0 heterocycles. The molecule has 0 radical (unpaired) electrons. The monoisotopic (exact) mass is 422 g/mol. The van der Waals surface area contributed by atoms with Gasteiger partial charge in [-0.2, -0.15) is 0 Å². The number of nitrogens with one attached hydrogen (secondary N) is 1. The first-order valence-electron chi connectivity index (χ1n) is 9.68. The Morgan fingerprint density at radius 2 is 1.80 bits per heavy atom. The van der Waals surface area contributed by atoms with Gasteiger partial charge in [-0.1, -0.05) is 36.4 Å². The Balaban J connectivity index is 1.61. The van der Waals surface area contributed by atoms with Gasteiger partial charge in [0.15, 0.2) is 6.61 Å². The molecule has 3 rings (SSSR count). The van der Waals surface area contributed by atoms with Crippen LogP contribution in [0.25, 0.3) is 11.1 Å². The summed E-state index contributed by atoms with van der Waals surface area (Å²) in [6.07, 6.45) is 0. The van der Waals surface area contributed by atoms with Gasteiger partial charge in [-0.15, -0.1) is 0 Å². The van der Waals surface area contributed by atoms with E-state index in [9.17, 15) is 4.79 Å². The van der Waals surface area contributed by atoms with E-state index >= 15 is 0 Å². The number of carbonyl (C=O) groups is 1. The van der Waals surface area contributed by atoms with Crippen LogP contribution in [0, 0.1) is 13.8 Å². The van der Waals surface area contributed by atoms with Crippen LogP contribution < -0.4 is 9.62 Å². The molecule has 0 aliphatic rings. The second kappa shape index (κ2) is 10.2. The molecular formula is C24H26N2O3S. The Bertz CT molecular complexity index is 1010. The predicted octanol–water partition coefficient (Wildman–Crippen LogP) is 5.68. The van der Waals surface area contributed by atoms with Crippen molar-refractivity contribution in [1.29, 1.82) is 0 Å². The fourth-order valence-corrected chi connectivity index (χ4v) is 3.62. The van der Waals surface area contributed by atoms with Gasteiger partial charge in [-0.05, 0) is 72.0 Å². The van der Waals surface area contributed by atoms with Gasteiger partial charge >= 0.3 is 5.97 Å². The summed E-state index contributed by atoms with van der Waals surface area (Å²) in [5.41, 5.74) is 8.26. The number of nitrogens with zero attached hydrogens (tertiary/aromatic N) is 1. The van der Waals surface area contributed by atoms with E-state index in [1.54, 1.807) is 4.31 Å². The van der Waals surface area contributed by atoms with Crippen LogP contribution in [0.5, 0.6) is 0 Å². The highest BCUT2D eigenvalue weighted by Gasteiger charge is 2.06. The van der Waals surface area contributed by atoms with Gasteiger partial charge < -0.3 is 10.4 Å². The summed E-state index contributed by atoms with van der Waals surface area (Å²) in [6.45, 7) is 4.70. The summed E-state index contributed by atoms with van der Waals surface area (Å²) in [4.78, 5) is 10.5. The molecular weight excluding hydrogens is 396 g/mol. The summed E-state index contributed by atoms with van der Waals surface area (Å²) >= 11 is 1.01. The molecule has 0 bridgehead atoms. The largest absolute Gasteiger partial charge is 0.479 e. The minimum absolute atomic E-state index is 0.338. The van der Waals surface area contributed by atoms with E-state index in [1.807, 2.05) is 31.3 Å². The molecule has 0 aliphatic carbocycles. The van der Waals surface area contributed by atoms with Crippen molar-refractivity contribution in [2.45, 2.75) is 20.4 Å². The van der Waals surface area contributed by atoms with Crippen molar-refractivity contribution in [2.24, 2.45) is 0 Å². The molecule has 6 heteroatoms. The molecule has 0 aliphatic heterocycles. The third-order valence-electron chi connectivity index (χ3n) is 4.92. The molecule has 2 N–H and O–H groups in total. The van der Waals surface area contributed by atoms with Crippen LogP contribution in [0.4, 0.5) is 11.4 Å². The second-order valence-electron chi connectivity index (χ2n) is 7.08. The van der Waals surface area contributed by atoms with E-state index in [2.05, 4.69) is 61.6 Å². The summed E-state index contributed by atoms with van der Waals surface area (Å²) < 4.78 is 6.82. The molecule has 3 aromatic carbocycles. The summed E-state index contributed by atoms with van der Waals surface area (Å²) in [5, 5.41) is 12.1. The van der Waals surface area contributed by atoms with E-state index in [1.165, 1.54) is 27.8 Å². The van der Waals surface area contributed by atoms with E-state index in [0.29, 0.717) is 0 Å². The maximum Gasteiger partial charge on any atom is 0.331 e. The zero-order chi connectivity index (χ0) is 21.5. The minimum Gasteiger partial charge on any atom is -0.479 e. The quantitative estimate of drug-likeness (QED) is 0.342. The van der Waals surface area contributed by atoms with Crippen LogP contribution in [-0.2, 0) is 15.5 Å². The number of carboxylic acid groups (broad SMARTS) is 1. The van der Waals surface area contributed by atoms with Gasteiger partial charge in [0.1, 0.15) is 12.2 Å². The molecule has 0 unspecified atom stereocenters. The molecule has 0 saturated heterocycles. The zero-order valence-electron chi connectivity index (χ0n) is 17.4. The van der Waals surface area contributed by atoms with Crippen molar-refractivity contribution in [3.63, 3.8) is 0 Å². The molecule has 0 spiro atoms. The zero-order valence-corrected chi connectivity index (χ0v) is 18.2. The highest BCUT2D eigenvalue weighted by Crippen LogP contribution is 2.27. The van der Waals surface area contributed by atoms with Gasteiger partial charge in [0.25, 0.3) is 0 Å². The van der Waals surface area contributed by atoms with Crippen molar-refractivity contribution in [1.82, 2.24) is 0 Å². The standard InChI is InChI=1S/C24H26N2O3S/c1-17-6-4-9-23(18(17)2)20-8-5-7-19(14-20)15-25-21-10-12-22(13-11-21)26(3)30-29-16-24(27)28/h4-14,25H,15-16H2,1-3H3,(H,27,28). The lowest BCUT2D eigenvalue weighted by atomic mass is 9.96. The fourth-order valence-electron chi connectivity index (χ4n) is 3.10. The number of hydrogen-bond acceptors (Lipinski definition) is 5. The summed E-state index contributed by atoms with van der Waals surface area (Å²) in [6, 6.07) is 22.9. The Morgan fingerprint density at radius 1 is 1.07 bits per heavy atom. The summed E-state index contributed by atoms with van der Waals surface area (Å²) in [5.74, 6) is -0.989. The molecule has 0 saturated carbocycles. The molecule has 0 aromatic heterocycles. The normalized spacial score (nSPS) is 10.6. The number of carboxylic acids is 1. The Morgan fingerprint density at radius 3 is 2.53 bits per heavy atom. The van der Waals surface area contributed by atoms with Crippen LogP contribution in [0.3, 0.4) is 0 Å². The van der Waals surface area contributed by atoms with Crippen LogP contribution >= 0.6 is 12.2 Å². The average Bonchev–Trinajstić information content (AvgIpc) is 2.74. The topological polar surface area (TPSA) is 61.8 Å². The molecule has 3 aromatic rings. The van der Waals surface area contributed by atoms with Crippen LogP contribution in [0.2, 0.25) is 0 Å². The van der Waals surface area contributed by atoms with Gasteiger partial charge in [0, 0.05) is 25.0 Å². The fraction of sp³-hybridized carbons (Fsp3) is 0.208. The van der Waals surface area contributed by atoms with Gasteiger partial charge in [0.05, 0.1) is 0 Å². The SMILES string of the molecule is Cc1cccc(-c2cccc(CNc3ccc(N(C)SOCC(=O)O)cc3)c2)c1C. The smallest absolute Gasteiger partial charge is 0.331 e. The molecule has 30 heavy (non-hydrogen) atoms.